The van der Waals surface area contributed by atoms with Crippen molar-refractivity contribution in [1.29, 1.82) is 0 Å². The van der Waals surface area contributed by atoms with Gasteiger partial charge in [0.25, 0.3) is 0 Å². The number of hydrogen-bond donors (Lipinski definition) is 0. The first kappa shape index (κ1) is 12.6. The number of benzene rings is 1. The molecular formula is C14H17NO3. The van der Waals surface area contributed by atoms with E-state index in [2.05, 4.69) is 4.74 Å². The summed E-state index contributed by atoms with van der Waals surface area (Å²) in [4.78, 5) is 24.7. The lowest BCUT2D eigenvalue weighted by atomic mass is 10.0. The number of rotatable bonds is 2. The maximum absolute atomic E-state index is 11.8. The fourth-order valence-corrected chi connectivity index (χ4v) is 2.41. The standard InChI is InChI=1S/C14H17NO3/c1-18-14(17)13(16)15-9-5-8-12(15)10-11-6-3-2-4-7-11/h2-4,6-7,12H,5,8-10H2,1H3. The molecule has 1 heterocycles. The zero-order valence-electron chi connectivity index (χ0n) is 10.5. The molecule has 4 nitrogen and oxygen atoms in total. The SMILES string of the molecule is COC(=O)C(=O)N1CCCC1Cc1ccccc1. The van der Waals surface area contributed by atoms with Crippen molar-refractivity contribution >= 4 is 11.9 Å². The predicted octanol–water partition coefficient (Wildman–Crippen LogP) is 1.39. The van der Waals surface area contributed by atoms with Crippen LogP contribution in [0, 0.1) is 0 Å². The molecule has 1 amide bonds. The lowest BCUT2D eigenvalue weighted by Gasteiger charge is -2.23. The highest BCUT2D eigenvalue weighted by Gasteiger charge is 2.32. The van der Waals surface area contributed by atoms with Crippen LogP contribution in [-0.2, 0) is 20.7 Å². The maximum atomic E-state index is 11.8. The smallest absolute Gasteiger partial charge is 0.396 e. The van der Waals surface area contributed by atoms with E-state index in [-0.39, 0.29) is 6.04 Å². The molecule has 1 saturated heterocycles. The molecule has 0 saturated carbocycles. The van der Waals surface area contributed by atoms with Crippen molar-refractivity contribution in [2.24, 2.45) is 0 Å². The predicted molar refractivity (Wildman–Crippen MR) is 66.9 cm³/mol. The molecule has 96 valence electrons. The van der Waals surface area contributed by atoms with Gasteiger partial charge < -0.3 is 9.64 Å². The van der Waals surface area contributed by atoms with E-state index in [0.29, 0.717) is 6.54 Å². The highest BCUT2D eigenvalue weighted by Crippen LogP contribution is 2.21. The molecule has 1 atom stereocenters. The van der Waals surface area contributed by atoms with E-state index in [1.807, 2.05) is 30.3 Å². The van der Waals surface area contributed by atoms with Crippen molar-refractivity contribution in [2.45, 2.75) is 25.3 Å². The van der Waals surface area contributed by atoms with Crippen molar-refractivity contribution in [3.63, 3.8) is 0 Å². The second kappa shape index (κ2) is 5.67. The van der Waals surface area contributed by atoms with Crippen LogP contribution in [0.2, 0.25) is 0 Å². The third kappa shape index (κ3) is 2.70. The second-order valence-electron chi connectivity index (χ2n) is 4.48. The van der Waals surface area contributed by atoms with E-state index in [9.17, 15) is 9.59 Å². The Kier molecular flexibility index (Phi) is 3.97. The molecule has 0 N–H and O–H groups in total. The molecule has 1 aromatic carbocycles. The minimum Gasteiger partial charge on any atom is -0.462 e. The average Bonchev–Trinajstić information content (AvgIpc) is 2.86. The molecule has 0 radical (unpaired) electrons. The molecule has 1 aromatic rings. The summed E-state index contributed by atoms with van der Waals surface area (Å²) >= 11 is 0. The van der Waals surface area contributed by atoms with Gasteiger partial charge in [0.1, 0.15) is 0 Å². The van der Waals surface area contributed by atoms with E-state index in [1.54, 1.807) is 4.90 Å². The number of nitrogens with zero attached hydrogens (tertiary/aromatic N) is 1. The molecule has 1 unspecified atom stereocenters. The fourth-order valence-electron chi connectivity index (χ4n) is 2.41. The van der Waals surface area contributed by atoms with E-state index >= 15 is 0 Å². The van der Waals surface area contributed by atoms with Gasteiger partial charge in [-0.15, -0.1) is 0 Å². The summed E-state index contributed by atoms with van der Waals surface area (Å²) in [6, 6.07) is 10.1. The van der Waals surface area contributed by atoms with Crippen molar-refractivity contribution in [3.8, 4) is 0 Å². The molecule has 0 aliphatic carbocycles. The summed E-state index contributed by atoms with van der Waals surface area (Å²) < 4.78 is 4.49. The maximum Gasteiger partial charge on any atom is 0.396 e. The van der Waals surface area contributed by atoms with Gasteiger partial charge >= 0.3 is 11.9 Å². The zero-order chi connectivity index (χ0) is 13.0. The lowest BCUT2D eigenvalue weighted by Crippen LogP contribution is -2.41. The Bertz CT molecular complexity index is 430. The molecule has 18 heavy (non-hydrogen) atoms. The van der Waals surface area contributed by atoms with Crippen LogP contribution in [0.5, 0.6) is 0 Å². The summed E-state index contributed by atoms with van der Waals surface area (Å²) in [6.07, 6.45) is 2.68. The van der Waals surface area contributed by atoms with Crippen molar-refractivity contribution in [3.05, 3.63) is 35.9 Å². The quantitative estimate of drug-likeness (QED) is 0.586. The third-order valence-corrected chi connectivity index (χ3v) is 3.31. The van der Waals surface area contributed by atoms with Crippen LogP contribution in [0.4, 0.5) is 0 Å². The first-order chi connectivity index (χ1) is 8.72. The Balaban J connectivity index is 2.04. The Morgan fingerprint density at radius 3 is 2.72 bits per heavy atom. The van der Waals surface area contributed by atoms with E-state index in [1.165, 1.54) is 12.7 Å². The van der Waals surface area contributed by atoms with Gasteiger partial charge in [-0.3, -0.25) is 4.79 Å². The first-order valence-corrected chi connectivity index (χ1v) is 6.15. The van der Waals surface area contributed by atoms with Crippen LogP contribution >= 0.6 is 0 Å². The largest absolute Gasteiger partial charge is 0.462 e. The van der Waals surface area contributed by atoms with Gasteiger partial charge in [-0.25, -0.2) is 4.79 Å². The number of carbonyl (C=O) groups excluding carboxylic acids is 2. The van der Waals surface area contributed by atoms with E-state index in [0.717, 1.165) is 19.3 Å². The number of hydrogen-bond acceptors (Lipinski definition) is 3. The summed E-state index contributed by atoms with van der Waals surface area (Å²) in [5.41, 5.74) is 1.19. The first-order valence-electron chi connectivity index (χ1n) is 6.15. The summed E-state index contributed by atoms with van der Waals surface area (Å²) in [6.45, 7) is 0.644. The molecular weight excluding hydrogens is 230 g/mol. The number of methoxy groups -OCH3 is 1. The van der Waals surface area contributed by atoms with Crippen LogP contribution in [0.3, 0.4) is 0 Å². The van der Waals surface area contributed by atoms with Gasteiger partial charge in [0.15, 0.2) is 0 Å². The molecule has 2 rings (SSSR count). The minimum atomic E-state index is -0.769. The van der Waals surface area contributed by atoms with Crippen LogP contribution in [0.1, 0.15) is 18.4 Å². The number of esters is 1. The number of likely N-dealkylation sites (tertiary alicyclic amines) is 1. The Morgan fingerprint density at radius 2 is 2.06 bits per heavy atom. The van der Waals surface area contributed by atoms with Gasteiger partial charge in [0.05, 0.1) is 7.11 Å². The normalized spacial score (nSPS) is 18.7. The number of carbonyl (C=O) groups is 2. The summed E-state index contributed by atoms with van der Waals surface area (Å²) in [7, 11) is 1.24. The van der Waals surface area contributed by atoms with Gasteiger partial charge in [0.2, 0.25) is 0 Å². The van der Waals surface area contributed by atoms with Crippen molar-refractivity contribution in [2.75, 3.05) is 13.7 Å². The molecule has 1 aliphatic heterocycles. The molecule has 0 bridgehead atoms. The van der Waals surface area contributed by atoms with Gasteiger partial charge in [-0.05, 0) is 24.8 Å². The Hall–Kier alpha value is -1.84. The topological polar surface area (TPSA) is 46.6 Å². The lowest BCUT2D eigenvalue weighted by molar-refractivity contribution is -0.158. The highest BCUT2D eigenvalue weighted by molar-refractivity contribution is 6.32. The van der Waals surface area contributed by atoms with Crippen LogP contribution in [0.25, 0.3) is 0 Å². The molecule has 1 fully saturated rings. The Morgan fingerprint density at radius 1 is 1.33 bits per heavy atom. The summed E-state index contributed by atoms with van der Waals surface area (Å²) in [5, 5.41) is 0. The monoisotopic (exact) mass is 247 g/mol. The highest BCUT2D eigenvalue weighted by atomic mass is 16.5. The third-order valence-electron chi connectivity index (χ3n) is 3.31. The van der Waals surface area contributed by atoms with Crippen LogP contribution in [-0.4, -0.2) is 36.5 Å². The van der Waals surface area contributed by atoms with Crippen molar-refractivity contribution < 1.29 is 14.3 Å². The molecule has 1 aliphatic rings. The minimum absolute atomic E-state index is 0.110. The van der Waals surface area contributed by atoms with Gasteiger partial charge in [-0.1, -0.05) is 30.3 Å². The van der Waals surface area contributed by atoms with Crippen molar-refractivity contribution in [1.82, 2.24) is 4.90 Å². The van der Waals surface area contributed by atoms with E-state index in [4.69, 9.17) is 0 Å². The van der Waals surface area contributed by atoms with E-state index < -0.39 is 11.9 Å². The Labute approximate surface area is 107 Å². The molecule has 0 spiro atoms. The fraction of sp³-hybridized carbons (Fsp3) is 0.429. The molecule has 4 heteroatoms. The second-order valence-corrected chi connectivity index (χ2v) is 4.48. The number of ether oxygens (including phenoxy) is 1. The zero-order valence-corrected chi connectivity index (χ0v) is 10.5. The number of amides is 1. The van der Waals surface area contributed by atoms with Gasteiger partial charge in [0, 0.05) is 12.6 Å². The van der Waals surface area contributed by atoms with Gasteiger partial charge in [-0.2, -0.15) is 0 Å². The molecule has 0 aromatic heterocycles. The average molecular weight is 247 g/mol. The van der Waals surface area contributed by atoms with Crippen LogP contribution < -0.4 is 0 Å². The van der Waals surface area contributed by atoms with Crippen LogP contribution in [0.15, 0.2) is 30.3 Å². The summed E-state index contributed by atoms with van der Waals surface area (Å²) in [5.74, 6) is -1.29.